The van der Waals surface area contributed by atoms with Crippen LogP contribution in [0.1, 0.15) is 35.1 Å². The molecule has 1 aliphatic heterocycles. The summed E-state index contributed by atoms with van der Waals surface area (Å²) >= 11 is 0. The molecular weight excluding hydrogens is 518 g/mol. The number of nitro benzene ring substituents is 1. The summed E-state index contributed by atoms with van der Waals surface area (Å²) in [4.78, 5) is 45.8. The van der Waals surface area contributed by atoms with Gasteiger partial charge in [0.25, 0.3) is 5.69 Å². The summed E-state index contributed by atoms with van der Waals surface area (Å²) in [5.74, 6) is -1.53. The predicted octanol–water partition coefficient (Wildman–Crippen LogP) is 5.95. The number of amides is 2. The molecule has 8 heteroatoms. The average Bonchev–Trinajstić information content (AvgIpc) is 3.27. The zero-order chi connectivity index (χ0) is 28.3. The van der Waals surface area contributed by atoms with Crippen LogP contribution in [0.25, 0.3) is 0 Å². The van der Waals surface area contributed by atoms with Crippen LogP contribution in [0.3, 0.4) is 0 Å². The second-order valence-electron chi connectivity index (χ2n) is 10.5. The van der Waals surface area contributed by atoms with Crippen molar-refractivity contribution in [3.8, 4) is 5.75 Å². The van der Waals surface area contributed by atoms with E-state index in [1.165, 1.54) is 17.0 Å². The highest BCUT2D eigenvalue weighted by Gasteiger charge is 2.67. The van der Waals surface area contributed by atoms with Crippen LogP contribution in [0, 0.1) is 22.0 Å². The minimum absolute atomic E-state index is 0.0722. The third-order valence-corrected chi connectivity index (χ3v) is 8.55. The Labute approximate surface area is 236 Å². The lowest BCUT2D eigenvalue weighted by molar-refractivity contribution is -0.384. The average molecular weight is 544 g/mol. The van der Waals surface area contributed by atoms with Crippen molar-refractivity contribution in [3.63, 3.8) is 0 Å². The Morgan fingerprint density at radius 3 is 2.20 bits per heavy atom. The molecule has 4 aliphatic rings. The first-order chi connectivity index (χ1) is 20.0. The molecule has 1 heterocycles. The quantitative estimate of drug-likeness (QED) is 0.130. The molecule has 2 bridgehead atoms. The van der Waals surface area contributed by atoms with Crippen LogP contribution in [0.5, 0.6) is 5.75 Å². The highest BCUT2D eigenvalue weighted by Crippen LogP contribution is 2.63. The number of non-ortho nitro benzene ring substituents is 1. The third kappa shape index (κ3) is 3.50. The van der Waals surface area contributed by atoms with Crippen molar-refractivity contribution in [2.45, 2.75) is 18.3 Å². The molecule has 41 heavy (non-hydrogen) atoms. The second-order valence-corrected chi connectivity index (χ2v) is 10.5. The van der Waals surface area contributed by atoms with Gasteiger partial charge in [0.15, 0.2) is 0 Å². The van der Waals surface area contributed by atoms with Gasteiger partial charge in [-0.15, -0.1) is 0 Å². The SMILES string of the molecule is CCOc1ccc(N2C(=O)[C@H]3C4c5ccccc5C(C=Nc5cccc([N+](=O)[O-])c5)(c5ccccc54)[C@H]3C2=O)cc1. The third-order valence-electron chi connectivity index (χ3n) is 8.55. The van der Waals surface area contributed by atoms with Crippen molar-refractivity contribution < 1.29 is 19.2 Å². The number of anilines is 1. The molecule has 4 aromatic carbocycles. The molecule has 2 amide bonds. The molecule has 1 fully saturated rings. The molecule has 202 valence electrons. The van der Waals surface area contributed by atoms with Gasteiger partial charge in [0.1, 0.15) is 5.75 Å². The number of hydrogen-bond donors (Lipinski definition) is 0. The maximum absolute atomic E-state index is 14.5. The Bertz CT molecular complexity index is 1720. The lowest BCUT2D eigenvalue weighted by Crippen LogP contribution is -2.54. The van der Waals surface area contributed by atoms with Gasteiger partial charge in [-0.1, -0.05) is 54.6 Å². The van der Waals surface area contributed by atoms with Gasteiger partial charge in [-0.05, 0) is 59.5 Å². The molecule has 3 aliphatic carbocycles. The van der Waals surface area contributed by atoms with E-state index in [4.69, 9.17) is 9.73 Å². The van der Waals surface area contributed by atoms with Gasteiger partial charge in [0, 0.05) is 24.3 Å². The van der Waals surface area contributed by atoms with E-state index in [-0.39, 0.29) is 23.4 Å². The maximum Gasteiger partial charge on any atom is 0.271 e. The zero-order valence-corrected chi connectivity index (χ0v) is 22.1. The van der Waals surface area contributed by atoms with Crippen molar-refractivity contribution in [1.82, 2.24) is 0 Å². The predicted molar refractivity (Wildman–Crippen MR) is 154 cm³/mol. The lowest BCUT2D eigenvalue weighted by atomic mass is 9.47. The summed E-state index contributed by atoms with van der Waals surface area (Å²) in [6, 6.07) is 28.9. The van der Waals surface area contributed by atoms with Crippen molar-refractivity contribution in [2.75, 3.05) is 11.5 Å². The Balaban J connectivity index is 1.44. The van der Waals surface area contributed by atoms with E-state index in [1.54, 1.807) is 42.6 Å². The molecule has 0 aromatic heterocycles. The highest BCUT2D eigenvalue weighted by atomic mass is 16.6. The summed E-state index contributed by atoms with van der Waals surface area (Å²) in [6.45, 7) is 2.40. The van der Waals surface area contributed by atoms with E-state index in [2.05, 4.69) is 0 Å². The minimum Gasteiger partial charge on any atom is -0.494 e. The molecule has 0 spiro atoms. The number of nitro groups is 1. The second kappa shape index (κ2) is 9.23. The van der Waals surface area contributed by atoms with Gasteiger partial charge in [0.2, 0.25) is 11.8 Å². The maximum atomic E-state index is 14.5. The number of imide groups is 1. The normalized spacial score (nSPS) is 23.8. The Hall–Kier alpha value is -5.11. The Morgan fingerprint density at radius 1 is 0.902 bits per heavy atom. The Morgan fingerprint density at radius 2 is 1.56 bits per heavy atom. The summed E-state index contributed by atoms with van der Waals surface area (Å²) in [7, 11) is 0. The van der Waals surface area contributed by atoms with Crippen molar-refractivity contribution in [1.29, 1.82) is 0 Å². The van der Waals surface area contributed by atoms with E-state index in [0.29, 0.717) is 23.7 Å². The van der Waals surface area contributed by atoms with Gasteiger partial charge in [-0.25, -0.2) is 4.90 Å². The van der Waals surface area contributed by atoms with Gasteiger partial charge in [-0.2, -0.15) is 0 Å². The smallest absolute Gasteiger partial charge is 0.271 e. The van der Waals surface area contributed by atoms with Gasteiger partial charge >= 0.3 is 0 Å². The zero-order valence-electron chi connectivity index (χ0n) is 22.1. The highest BCUT2D eigenvalue weighted by molar-refractivity contribution is 6.25. The number of aliphatic imine (C=N–C) groups is 1. The monoisotopic (exact) mass is 543 g/mol. The van der Waals surface area contributed by atoms with E-state index >= 15 is 0 Å². The summed E-state index contributed by atoms with van der Waals surface area (Å²) < 4.78 is 5.57. The number of carbonyl (C=O) groups is 2. The van der Waals surface area contributed by atoms with Gasteiger partial charge in [0.05, 0.1) is 40.2 Å². The first kappa shape index (κ1) is 24.9. The largest absolute Gasteiger partial charge is 0.494 e. The fraction of sp³-hybridized carbons (Fsp3) is 0.182. The first-order valence-corrected chi connectivity index (χ1v) is 13.5. The molecule has 0 N–H and O–H groups in total. The first-order valence-electron chi connectivity index (χ1n) is 13.5. The molecule has 8 rings (SSSR count). The van der Waals surface area contributed by atoms with E-state index in [9.17, 15) is 19.7 Å². The number of ether oxygens (including phenoxy) is 1. The summed E-state index contributed by atoms with van der Waals surface area (Å²) in [5.41, 5.74) is 3.60. The number of benzene rings is 4. The molecule has 1 saturated heterocycles. The van der Waals surface area contributed by atoms with Crippen LogP contribution in [0.15, 0.2) is 102 Å². The fourth-order valence-electron chi connectivity index (χ4n) is 7.03. The number of hydrogen-bond acceptors (Lipinski definition) is 6. The number of nitrogens with zero attached hydrogens (tertiary/aromatic N) is 3. The van der Waals surface area contributed by atoms with Crippen LogP contribution < -0.4 is 9.64 Å². The molecular formula is C33H25N3O5. The molecule has 8 nitrogen and oxygen atoms in total. The molecule has 0 unspecified atom stereocenters. The Kier molecular flexibility index (Phi) is 5.61. The van der Waals surface area contributed by atoms with Crippen molar-refractivity contribution in [2.24, 2.45) is 16.8 Å². The van der Waals surface area contributed by atoms with Gasteiger partial charge < -0.3 is 4.74 Å². The summed E-state index contributed by atoms with van der Waals surface area (Å²) in [5, 5.41) is 11.4. The van der Waals surface area contributed by atoms with Crippen LogP contribution >= 0.6 is 0 Å². The lowest BCUT2D eigenvalue weighted by Gasteiger charge is -2.52. The molecule has 0 saturated carbocycles. The van der Waals surface area contributed by atoms with Crippen LogP contribution in [0.2, 0.25) is 0 Å². The molecule has 4 aromatic rings. The van der Waals surface area contributed by atoms with Gasteiger partial charge in [-0.3, -0.25) is 24.7 Å². The van der Waals surface area contributed by atoms with E-state index < -0.39 is 22.2 Å². The van der Waals surface area contributed by atoms with Crippen LogP contribution in [0.4, 0.5) is 17.1 Å². The fourth-order valence-corrected chi connectivity index (χ4v) is 7.03. The molecule has 0 radical (unpaired) electrons. The number of rotatable bonds is 6. The standard InChI is InChI=1S/C33H25N3O5/c1-2-41-23-16-14-21(15-17-23)35-31(37)29-28-24-10-3-5-12-26(24)33(30(29)32(35)38,27-13-6-4-11-25(27)28)19-34-20-8-7-9-22(18-20)36(39)40/h3-19,28-30H,2H2,1H3/t28?,29-,30+,33?/m0/s1. The van der Waals surface area contributed by atoms with Crippen LogP contribution in [-0.2, 0) is 15.0 Å². The van der Waals surface area contributed by atoms with Crippen molar-refractivity contribution >= 4 is 35.1 Å². The van der Waals surface area contributed by atoms with Crippen LogP contribution in [-0.4, -0.2) is 29.6 Å². The summed E-state index contributed by atoms with van der Waals surface area (Å²) in [6.07, 6.45) is 1.74. The van der Waals surface area contributed by atoms with E-state index in [1.807, 2.05) is 55.5 Å². The van der Waals surface area contributed by atoms with E-state index in [0.717, 1.165) is 22.3 Å². The molecule has 2 atom stereocenters. The topological polar surface area (TPSA) is 102 Å². The number of carbonyl (C=O) groups excluding carboxylic acids is 2. The van der Waals surface area contributed by atoms with Crippen molar-refractivity contribution in [3.05, 3.63) is 129 Å². The minimum atomic E-state index is -1.05.